The zero-order chi connectivity index (χ0) is 32.4. The third-order valence-corrected chi connectivity index (χ3v) is 12.0. The lowest BCUT2D eigenvalue weighted by Gasteiger charge is -2.13. The molecule has 0 aliphatic heterocycles. The van der Waals surface area contributed by atoms with Crippen LogP contribution >= 0.6 is 34.4 Å². The Morgan fingerprint density at radius 3 is 1.83 bits per heavy atom. The van der Waals surface area contributed by atoms with Gasteiger partial charge in [-0.05, 0) is 61.4 Å². The van der Waals surface area contributed by atoms with E-state index in [9.17, 15) is 10.1 Å². The highest BCUT2D eigenvalue weighted by atomic mass is 32.1. The van der Waals surface area contributed by atoms with Crippen molar-refractivity contribution in [3.8, 4) is 38.2 Å². The van der Waals surface area contributed by atoms with E-state index in [-0.39, 0.29) is 12.2 Å². The smallest absolute Gasteiger partial charge is 0.349 e. The van der Waals surface area contributed by atoms with Crippen LogP contribution in [0.3, 0.4) is 0 Å². The minimum absolute atomic E-state index is 0.0793. The Labute approximate surface area is 279 Å². The molecule has 0 spiro atoms. The molecule has 0 saturated carbocycles. The van der Waals surface area contributed by atoms with E-state index in [2.05, 4.69) is 59.7 Å². The lowest BCUT2D eigenvalue weighted by Crippen LogP contribution is -2.09. The lowest BCUT2D eigenvalue weighted by molar-refractivity contribution is -0.137. The molecule has 1 aliphatic rings. The Hall–Kier alpha value is -4.30. The molecule has 0 N–H and O–H groups in total. The fourth-order valence-corrected chi connectivity index (χ4v) is 9.44. The first kappa shape index (κ1) is 30.4. The highest BCUT2D eigenvalue weighted by molar-refractivity contribution is 7.16. The van der Waals surface area contributed by atoms with Gasteiger partial charge in [-0.3, -0.25) is 0 Å². The molecule has 230 valence electrons. The Morgan fingerprint density at radius 2 is 1.35 bits per heavy atom. The summed E-state index contributed by atoms with van der Waals surface area (Å²) < 4.78 is 15.1. The number of esters is 1. The Balaban J connectivity index is 1.66. The molecule has 4 heterocycles. The maximum absolute atomic E-state index is 13.1. The second-order valence-corrected chi connectivity index (χ2v) is 14.8. The van der Waals surface area contributed by atoms with Crippen LogP contribution in [0.2, 0.25) is 0 Å². The van der Waals surface area contributed by atoms with E-state index in [1.165, 1.54) is 32.6 Å². The molecule has 6 aromatic rings. The molecule has 46 heavy (non-hydrogen) atoms. The Bertz CT molecular complexity index is 2300. The van der Waals surface area contributed by atoms with Crippen LogP contribution in [-0.4, -0.2) is 31.3 Å². The van der Waals surface area contributed by atoms with Crippen molar-refractivity contribution in [2.24, 2.45) is 0 Å². The largest absolute Gasteiger partial charge is 0.462 e. The number of aromatic nitrogens is 4. The molecule has 0 amide bonds. The number of hydrogen-bond donors (Lipinski definition) is 0. The lowest BCUT2D eigenvalue weighted by atomic mass is 9.99. The maximum Gasteiger partial charge on any atom is 0.349 e. The normalized spacial score (nSPS) is 13.5. The molecule has 0 unspecified atom stereocenters. The van der Waals surface area contributed by atoms with Gasteiger partial charge in [-0.1, -0.05) is 52.0 Å². The van der Waals surface area contributed by atoms with Gasteiger partial charge in [0, 0.05) is 41.8 Å². The van der Waals surface area contributed by atoms with E-state index in [1.54, 1.807) is 29.6 Å². The highest BCUT2D eigenvalue weighted by Gasteiger charge is 2.34. The van der Waals surface area contributed by atoms with Gasteiger partial charge in [-0.2, -0.15) is 14.0 Å². The number of nitriles is 1. The Morgan fingerprint density at radius 1 is 0.826 bits per heavy atom. The fraction of sp³-hybridized carbons (Fsp3) is 0.278. The summed E-state index contributed by atoms with van der Waals surface area (Å²) in [6.45, 7) is 15.0. The molecule has 2 aromatic carbocycles. The highest BCUT2D eigenvalue weighted by Crippen LogP contribution is 2.50. The molecule has 1 aliphatic carbocycles. The summed E-state index contributed by atoms with van der Waals surface area (Å²) >= 11 is 4.70. The second kappa shape index (κ2) is 11.5. The van der Waals surface area contributed by atoms with Crippen molar-refractivity contribution >= 4 is 68.0 Å². The molecule has 10 heteroatoms. The number of carbonyl (C=O) groups is 1. The van der Waals surface area contributed by atoms with Crippen LogP contribution in [0.5, 0.6) is 0 Å². The average molecular weight is 662 g/mol. The van der Waals surface area contributed by atoms with Crippen LogP contribution < -0.4 is 0 Å². The third-order valence-electron chi connectivity index (χ3n) is 8.32. The minimum Gasteiger partial charge on any atom is -0.462 e. The van der Waals surface area contributed by atoms with Gasteiger partial charge in [0.1, 0.15) is 33.7 Å². The van der Waals surface area contributed by atoms with Gasteiger partial charge in [0.25, 0.3) is 0 Å². The predicted molar refractivity (Wildman–Crippen MR) is 188 cm³/mol. The van der Waals surface area contributed by atoms with Crippen LogP contribution in [0.15, 0.2) is 42.0 Å². The zero-order valence-electron chi connectivity index (χ0n) is 26.6. The first-order chi connectivity index (χ1) is 22.1. The molecule has 0 saturated heterocycles. The van der Waals surface area contributed by atoms with Crippen LogP contribution in [-0.2, 0) is 9.53 Å². The summed E-state index contributed by atoms with van der Waals surface area (Å²) in [6, 6.07) is 14.3. The summed E-state index contributed by atoms with van der Waals surface area (Å²) in [5.41, 5.74) is 10.3. The van der Waals surface area contributed by atoms with Gasteiger partial charge in [-0.25, -0.2) is 14.8 Å². The number of rotatable bonds is 6. The van der Waals surface area contributed by atoms with Crippen molar-refractivity contribution in [3.05, 3.63) is 74.1 Å². The van der Waals surface area contributed by atoms with Gasteiger partial charge in [0.05, 0.1) is 29.7 Å². The summed E-state index contributed by atoms with van der Waals surface area (Å²) in [4.78, 5) is 28.6. The standard InChI is InChI=1S/C36H31N5O2S3/c1-8-43-36(42)22(15-37)25-20-11-9-10-12-21(20)28-29(25)39-31-27(24-14-19(7)35(45-24)17(4)5)33-32(40-46-41-33)26(30(31)38-28)23-13-18(6)34(44-23)16(2)3/h9-14,16-17H,8H2,1-7H3/b25-22-. The maximum atomic E-state index is 13.1. The van der Waals surface area contributed by atoms with Gasteiger partial charge >= 0.3 is 5.97 Å². The van der Waals surface area contributed by atoms with Gasteiger partial charge in [0.15, 0.2) is 0 Å². The average Bonchev–Trinajstić information content (AvgIpc) is 3.81. The van der Waals surface area contributed by atoms with Gasteiger partial charge < -0.3 is 4.74 Å². The second-order valence-electron chi connectivity index (χ2n) is 12.1. The quantitative estimate of drug-likeness (QED) is 0.0993. The minimum atomic E-state index is -0.671. The molecular weight excluding hydrogens is 631 g/mol. The molecule has 4 aromatic heterocycles. The van der Waals surface area contributed by atoms with E-state index in [0.29, 0.717) is 34.3 Å². The number of benzene rings is 2. The van der Waals surface area contributed by atoms with Crippen molar-refractivity contribution in [2.75, 3.05) is 6.61 Å². The predicted octanol–water partition coefficient (Wildman–Crippen LogP) is 9.82. The van der Waals surface area contributed by atoms with Crippen molar-refractivity contribution in [1.82, 2.24) is 18.7 Å². The number of hydrogen-bond acceptors (Lipinski definition) is 10. The first-order valence-electron chi connectivity index (χ1n) is 15.3. The number of carbonyl (C=O) groups excluding carboxylic acids is 1. The van der Waals surface area contributed by atoms with Gasteiger partial charge in [0.2, 0.25) is 0 Å². The van der Waals surface area contributed by atoms with Crippen LogP contribution in [0.4, 0.5) is 0 Å². The van der Waals surface area contributed by atoms with E-state index < -0.39 is 5.97 Å². The summed E-state index contributed by atoms with van der Waals surface area (Å²) in [7, 11) is 0. The van der Waals surface area contributed by atoms with Gasteiger partial charge in [-0.15, -0.1) is 22.7 Å². The van der Waals surface area contributed by atoms with E-state index in [0.717, 1.165) is 48.6 Å². The molecular formula is C36H31N5O2S3. The number of thiophene rings is 2. The summed E-state index contributed by atoms with van der Waals surface area (Å²) in [5.74, 6) is 0.0634. The molecule has 0 radical (unpaired) electrons. The van der Waals surface area contributed by atoms with Crippen molar-refractivity contribution in [1.29, 1.82) is 5.26 Å². The third kappa shape index (κ3) is 4.60. The van der Waals surface area contributed by atoms with Crippen molar-refractivity contribution < 1.29 is 9.53 Å². The van der Waals surface area contributed by atoms with Crippen molar-refractivity contribution in [2.45, 2.75) is 60.3 Å². The fourth-order valence-electron chi connectivity index (χ4n) is 6.43. The van der Waals surface area contributed by atoms with Crippen LogP contribution in [0.1, 0.15) is 78.6 Å². The summed E-state index contributed by atoms with van der Waals surface area (Å²) in [5, 5.41) is 10.3. The SMILES string of the molecule is CCOC(=O)/C(C#N)=C1/c2ccccc2-c2nc3c(-c4cc(C)c(C(C)C)s4)c4nsnc4c(-c4cc(C)c(C(C)C)s4)c3nc21. The van der Waals surface area contributed by atoms with Crippen molar-refractivity contribution in [3.63, 3.8) is 0 Å². The molecule has 7 rings (SSSR count). The number of fused-ring (bicyclic) bond motifs is 5. The van der Waals surface area contributed by atoms with Crippen LogP contribution in [0, 0.1) is 25.2 Å². The molecule has 0 atom stereocenters. The molecule has 0 fully saturated rings. The Kier molecular flexibility index (Phi) is 7.59. The monoisotopic (exact) mass is 661 g/mol. The van der Waals surface area contributed by atoms with E-state index in [4.69, 9.17) is 23.5 Å². The number of ether oxygens (including phenoxy) is 1. The number of aryl methyl sites for hydroxylation is 2. The summed E-state index contributed by atoms with van der Waals surface area (Å²) in [6.07, 6.45) is 0. The van der Waals surface area contributed by atoms with E-state index >= 15 is 0 Å². The molecule has 7 nitrogen and oxygen atoms in total. The topological polar surface area (TPSA) is 102 Å². The first-order valence-corrected chi connectivity index (χ1v) is 17.6. The zero-order valence-corrected chi connectivity index (χ0v) is 29.1. The molecule has 0 bridgehead atoms. The van der Waals surface area contributed by atoms with Crippen LogP contribution in [0.25, 0.3) is 59.8 Å². The van der Waals surface area contributed by atoms with E-state index in [1.807, 2.05) is 24.3 Å². The number of nitrogens with zero attached hydrogens (tertiary/aromatic N) is 5.